The summed E-state index contributed by atoms with van der Waals surface area (Å²) in [5.74, 6) is 0. The lowest BCUT2D eigenvalue weighted by molar-refractivity contribution is 0.219. The van der Waals surface area contributed by atoms with Gasteiger partial charge in [-0.25, -0.2) is 4.79 Å². The first kappa shape index (κ1) is 7.02. The van der Waals surface area contributed by atoms with Crippen LogP contribution in [0.15, 0.2) is 21.9 Å². The first-order chi connectivity index (χ1) is 5.77. The molecule has 0 aromatic heterocycles. The van der Waals surface area contributed by atoms with Crippen molar-refractivity contribution in [3.05, 3.63) is 11.6 Å². The van der Waals surface area contributed by atoms with Crippen LogP contribution >= 0.6 is 0 Å². The Morgan fingerprint density at radius 2 is 2.50 bits per heavy atom. The van der Waals surface area contributed by atoms with Gasteiger partial charge in [-0.05, 0) is 0 Å². The van der Waals surface area contributed by atoms with E-state index >= 15 is 0 Å². The van der Waals surface area contributed by atoms with Crippen LogP contribution in [0.25, 0.3) is 0 Å². The number of rotatable bonds is 0. The molecule has 0 aromatic rings. The molecule has 0 radical (unpaired) electrons. The number of hydrogen-bond donors (Lipinski definition) is 1. The summed E-state index contributed by atoms with van der Waals surface area (Å²) in [7, 11) is 0. The number of hydrogen-bond acceptors (Lipinski definition) is 3. The van der Waals surface area contributed by atoms with Gasteiger partial charge >= 0.3 is 6.03 Å². The first-order valence-corrected chi connectivity index (χ1v) is 3.62. The van der Waals surface area contributed by atoms with Gasteiger partial charge in [0.15, 0.2) is 0 Å². The number of carbonyl (C=O) groups excluding carboxylic acids is 1. The summed E-state index contributed by atoms with van der Waals surface area (Å²) in [6, 6.07) is -0.417. The fourth-order valence-corrected chi connectivity index (χ4v) is 1.21. The molecule has 2 aliphatic rings. The summed E-state index contributed by atoms with van der Waals surface area (Å²) >= 11 is 0. The van der Waals surface area contributed by atoms with Crippen molar-refractivity contribution in [1.82, 2.24) is 4.90 Å². The predicted octanol–water partition coefficient (Wildman–Crippen LogP) is -0.252. The van der Waals surface area contributed by atoms with Crippen molar-refractivity contribution in [3.8, 4) is 0 Å². The van der Waals surface area contributed by atoms with Crippen LogP contribution in [-0.2, 0) is 0 Å². The third kappa shape index (κ3) is 0.990. The lowest BCUT2D eigenvalue weighted by Gasteiger charge is -2.22. The van der Waals surface area contributed by atoms with E-state index in [2.05, 4.69) is 10.2 Å². The van der Waals surface area contributed by atoms with E-state index in [1.807, 2.05) is 6.08 Å². The highest BCUT2D eigenvalue weighted by atomic mass is 16.2. The molecule has 0 spiro atoms. The normalized spacial score (nSPS) is 20.2. The van der Waals surface area contributed by atoms with Crippen molar-refractivity contribution in [2.75, 3.05) is 13.1 Å². The molecule has 2 heterocycles. The maximum absolute atomic E-state index is 10.8. The molecule has 5 nitrogen and oxygen atoms in total. The Balaban J connectivity index is 2.21. The minimum atomic E-state index is -0.417. The van der Waals surface area contributed by atoms with Gasteiger partial charge in [0.05, 0.1) is 18.5 Å². The van der Waals surface area contributed by atoms with E-state index in [1.54, 1.807) is 6.21 Å². The molecule has 0 aliphatic carbocycles. The van der Waals surface area contributed by atoms with E-state index in [0.717, 1.165) is 11.3 Å². The van der Waals surface area contributed by atoms with Crippen LogP contribution in [0.3, 0.4) is 0 Å². The first-order valence-electron chi connectivity index (χ1n) is 3.62. The van der Waals surface area contributed by atoms with Crippen molar-refractivity contribution < 1.29 is 4.79 Å². The van der Waals surface area contributed by atoms with Gasteiger partial charge in [0.25, 0.3) is 0 Å². The lowest BCUT2D eigenvalue weighted by atomic mass is 10.1. The van der Waals surface area contributed by atoms with Crippen molar-refractivity contribution >= 4 is 18.0 Å². The average molecular weight is 164 g/mol. The lowest BCUT2D eigenvalue weighted by Crippen LogP contribution is -2.42. The van der Waals surface area contributed by atoms with Crippen LogP contribution in [0.2, 0.25) is 0 Å². The van der Waals surface area contributed by atoms with Crippen LogP contribution in [0, 0.1) is 0 Å². The number of nitrogens with two attached hydrogens (primary N) is 1. The summed E-state index contributed by atoms with van der Waals surface area (Å²) in [6.07, 6.45) is 3.58. The molecule has 0 aromatic carbocycles. The van der Waals surface area contributed by atoms with E-state index in [4.69, 9.17) is 5.73 Å². The van der Waals surface area contributed by atoms with Gasteiger partial charge in [-0.1, -0.05) is 6.08 Å². The van der Waals surface area contributed by atoms with Gasteiger partial charge in [-0.15, -0.1) is 0 Å². The van der Waals surface area contributed by atoms with E-state index in [-0.39, 0.29) is 0 Å². The van der Waals surface area contributed by atoms with Gasteiger partial charge in [-0.3, -0.25) is 0 Å². The van der Waals surface area contributed by atoms with Crippen LogP contribution in [-0.4, -0.2) is 35.9 Å². The number of carbonyl (C=O) groups is 1. The molecule has 2 rings (SSSR count). The molecule has 0 saturated carbocycles. The fourth-order valence-electron chi connectivity index (χ4n) is 1.21. The number of fused-ring (bicyclic) bond motifs is 1. The molecule has 62 valence electrons. The Kier molecular flexibility index (Phi) is 1.43. The van der Waals surface area contributed by atoms with Crippen molar-refractivity contribution in [2.45, 2.75) is 0 Å². The van der Waals surface area contributed by atoms with Gasteiger partial charge in [0.2, 0.25) is 0 Å². The summed E-state index contributed by atoms with van der Waals surface area (Å²) < 4.78 is 0. The largest absolute Gasteiger partial charge is 0.351 e. The molecule has 2 N–H and O–H groups in total. The predicted molar refractivity (Wildman–Crippen MR) is 45.2 cm³/mol. The molecular weight excluding hydrogens is 156 g/mol. The molecule has 12 heavy (non-hydrogen) atoms. The minimum Gasteiger partial charge on any atom is -0.351 e. The molecule has 0 unspecified atom stereocenters. The zero-order valence-corrected chi connectivity index (χ0v) is 6.40. The minimum absolute atomic E-state index is 0.417. The highest BCUT2D eigenvalue weighted by Gasteiger charge is 2.21. The zero-order valence-electron chi connectivity index (χ0n) is 6.40. The maximum Gasteiger partial charge on any atom is 0.315 e. The third-order valence-electron chi connectivity index (χ3n) is 1.89. The molecule has 0 saturated heterocycles. The summed E-state index contributed by atoms with van der Waals surface area (Å²) in [6.45, 7) is 1.02. The van der Waals surface area contributed by atoms with Crippen LogP contribution in [0.4, 0.5) is 4.79 Å². The number of amides is 2. The van der Waals surface area contributed by atoms with E-state index in [1.165, 1.54) is 4.90 Å². The van der Waals surface area contributed by atoms with Crippen molar-refractivity contribution in [3.63, 3.8) is 0 Å². The van der Waals surface area contributed by atoms with E-state index < -0.39 is 6.03 Å². The van der Waals surface area contributed by atoms with Crippen LogP contribution < -0.4 is 5.73 Å². The Morgan fingerprint density at radius 3 is 3.25 bits per heavy atom. The van der Waals surface area contributed by atoms with Crippen LogP contribution in [0.1, 0.15) is 0 Å². The second-order valence-corrected chi connectivity index (χ2v) is 2.67. The monoisotopic (exact) mass is 164 g/mol. The fraction of sp³-hybridized carbons (Fsp3) is 0.286. The Labute approximate surface area is 69.2 Å². The standard InChI is InChI=1S/C7H8N4O/c8-7(12)11-2-1-5-3-9-10-6(5)4-11/h1,3H,2,4H2,(H2,8,12). The SMILES string of the molecule is NC(=O)N1CC=C2C=NN=C2C1. The number of urea groups is 1. The third-order valence-corrected chi connectivity index (χ3v) is 1.89. The Hall–Kier alpha value is -1.65. The second-order valence-electron chi connectivity index (χ2n) is 2.67. The second kappa shape index (κ2) is 2.44. The van der Waals surface area contributed by atoms with Gasteiger partial charge in [-0.2, -0.15) is 10.2 Å². The number of primary amides is 1. The maximum atomic E-state index is 10.8. The zero-order chi connectivity index (χ0) is 8.55. The summed E-state index contributed by atoms with van der Waals surface area (Å²) in [5, 5.41) is 7.60. The molecule has 0 atom stereocenters. The average Bonchev–Trinajstić information content (AvgIpc) is 2.49. The molecule has 2 amide bonds. The molecule has 0 fully saturated rings. The van der Waals surface area contributed by atoms with Crippen LogP contribution in [0.5, 0.6) is 0 Å². The Morgan fingerprint density at radius 1 is 1.67 bits per heavy atom. The molecule has 5 heteroatoms. The van der Waals surface area contributed by atoms with Gasteiger partial charge in [0, 0.05) is 12.1 Å². The summed E-state index contributed by atoms with van der Waals surface area (Å²) in [5.41, 5.74) is 6.94. The van der Waals surface area contributed by atoms with Crippen molar-refractivity contribution in [2.24, 2.45) is 15.9 Å². The number of nitrogens with zero attached hydrogens (tertiary/aromatic N) is 3. The molecule has 2 aliphatic heterocycles. The Bertz CT molecular complexity index is 315. The topological polar surface area (TPSA) is 71.1 Å². The van der Waals surface area contributed by atoms with Crippen molar-refractivity contribution in [1.29, 1.82) is 0 Å². The van der Waals surface area contributed by atoms with Gasteiger partial charge in [0.1, 0.15) is 0 Å². The summed E-state index contributed by atoms with van der Waals surface area (Å²) in [4.78, 5) is 12.3. The molecule has 0 bridgehead atoms. The van der Waals surface area contributed by atoms with E-state index in [9.17, 15) is 4.79 Å². The quantitative estimate of drug-likeness (QED) is 0.526. The highest BCUT2D eigenvalue weighted by Crippen LogP contribution is 2.10. The van der Waals surface area contributed by atoms with E-state index in [0.29, 0.717) is 13.1 Å². The van der Waals surface area contributed by atoms with Gasteiger partial charge < -0.3 is 10.6 Å². The highest BCUT2D eigenvalue weighted by molar-refractivity contribution is 6.20. The molecular formula is C7H8N4O. The smallest absolute Gasteiger partial charge is 0.315 e.